The van der Waals surface area contributed by atoms with E-state index in [1.165, 1.54) is 0 Å². The summed E-state index contributed by atoms with van der Waals surface area (Å²) in [6.07, 6.45) is 0.401. The molecule has 0 saturated heterocycles. The summed E-state index contributed by atoms with van der Waals surface area (Å²) < 4.78 is 5.72. The fraction of sp³-hybridized carbons (Fsp3) is 0.188. The Morgan fingerprint density at radius 3 is 2.40 bits per heavy atom. The molecule has 0 saturated carbocycles. The smallest absolute Gasteiger partial charge is 0.234 e. The van der Waals surface area contributed by atoms with Gasteiger partial charge in [-0.05, 0) is 11.6 Å². The summed E-state index contributed by atoms with van der Waals surface area (Å²) >= 11 is 0. The highest BCUT2D eigenvalue weighted by molar-refractivity contribution is 5.79. The maximum atomic E-state index is 10.9. The van der Waals surface area contributed by atoms with Gasteiger partial charge in [0.25, 0.3) is 0 Å². The van der Waals surface area contributed by atoms with Crippen LogP contribution in [0, 0.1) is 0 Å². The second-order valence-electron chi connectivity index (χ2n) is 4.51. The summed E-state index contributed by atoms with van der Waals surface area (Å²) in [5.74, 6) is 0.264. The lowest BCUT2D eigenvalue weighted by atomic mass is 10.1. The molecule has 0 spiro atoms. The third-order valence-corrected chi connectivity index (χ3v) is 3.02. The van der Waals surface area contributed by atoms with Crippen LogP contribution in [-0.4, -0.2) is 18.6 Å². The molecule has 0 heterocycles. The first-order valence-electron chi connectivity index (χ1n) is 6.50. The number of primary amides is 1. The van der Waals surface area contributed by atoms with Crippen LogP contribution in [0.1, 0.15) is 6.42 Å². The Morgan fingerprint density at radius 1 is 1.05 bits per heavy atom. The molecular formula is C16H18N2O2. The van der Waals surface area contributed by atoms with Crippen LogP contribution in [0.4, 0.5) is 0 Å². The number of para-hydroxylation sites is 1. The summed E-state index contributed by atoms with van der Waals surface area (Å²) in [6.45, 7) is 0.355. The van der Waals surface area contributed by atoms with E-state index in [4.69, 9.17) is 16.2 Å². The largest absolute Gasteiger partial charge is 0.493 e. The third-order valence-electron chi connectivity index (χ3n) is 3.02. The molecule has 0 aliphatic heterocycles. The number of rotatable bonds is 6. The summed E-state index contributed by atoms with van der Waals surface area (Å²) in [6, 6.07) is 17.1. The SMILES string of the molecule is NC(=O)C(N)CCOc1ccccc1-c1ccccc1. The molecule has 1 unspecified atom stereocenters. The Labute approximate surface area is 118 Å². The average molecular weight is 270 g/mol. The van der Waals surface area contributed by atoms with E-state index in [1.54, 1.807) is 0 Å². The van der Waals surface area contributed by atoms with Crippen LogP contribution in [0.5, 0.6) is 5.75 Å². The minimum atomic E-state index is -0.668. The molecule has 0 aliphatic carbocycles. The number of carbonyl (C=O) groups excluding carboxylic acids is 1. The zero-order valence-electron chi connectivity index (χ0n) is 11.2. The number of carbonyl (C=O) groups is 1. The van der Waals surface area contributed by atoms with Gasteiger partial charge in [0.05, 0.1) is 12.6 Å². The molecule has 0 bridgehead atoms. The molecule has 0 radical (unpaired) electrons. The Hall–Kier alpha value is -2.33. The zero-order valence-corrected chi connectivity index (χ0v) is 11.2. The molecular weight excluding hydrogens is 252 g/mol. The van der Waals surface area contributed by atoms with Crippen molar-refractivity contribution < 1.29 is 9.53 Å². The summed E-state index contributed by atoms with van der Waals surface area (Å²) in [7, 11) is 0. The molecule has 1 atom stereocenters. The molecule has 20 heavy (non-hydrogen) atoms. The van der Waals surface area contributed by atoms with Crippen molar-refractivity contribution in [2.24, 2.45) is 11.5 Å². The average Bonchev–Trinajstić information content (AvgIpc) is 2.48. The highest BCUT2D eigenvalue weighted by Gasteiger charge is 2.10. The van der Waals surface area contributed by atoms with Gasteiger partial charge < -0.3 is 16.2 Å². The fourth-order valence-electron chi connectivity index (χ4n) is 1.89. The molecule has 1 amide bonds. The maximum absolute atomic E-state index is 10.9. The van der Waals surface area contributed by atoms with E-state index >= 15 is 0 Å². The van der Waals surface area contributed by atoms with E-state index < -0.39 is 11.9 Å². The number of amides is 1. The Morgan fingerprint density at radius 2 is 1.70 bits per heavy atom. The predicted molar refractivity (Wildman–Crippen MR) is 79.2 cm³/mol. The quantitative estimate of drug-likeness (QED) is 0.842. The number of benzene rings is 2. The monoisotopic (exact) mass is 270 g/mol. The zero-order chi connectivity index (χ0) is 14.4. The number of ether oxygens (including phenoxy) is 1. The van der Waals surface area contributed by atoms with Gasteiger partial charge in [-0.25, -0.2) is 0 Å². The molecule has 0 aromatic heterocycles. The highest BCUT2D eigenvalue weighted by atomic mass is 16.5. The van der Waals surface area contributed by atoms with Gasteiger partial charge in [0.2, 0.25) is 5.91 Å². The van der Waals surface area contributed by atoms with Gasteiger partial charge in [0, 0.05) is 12.0 Å². The number of hydrogen-bond donors (Lipinski definition) is 2. The van der Waals surface area contributed by atoms with Crippen LogP contribution >= 0.6 is 0 Å². The van der Waals surface area contributed by atoms with Gasteiger partial charge in [0.1, 0.15) is 5.75 Å². The van der Waals surface area contributed by atoms with Crippen molar-refractivity contribution in [3.05, 3.63) is 54.6 Å². The first-order valence-corrected chi connectivity index (χ1v) is 6.50. The van der Waals surface area contributed by atoms with Crippen molar-refractivity contribution in [2.75, 3.05) is 6.61 Å². The third kappa shape index (κ3) is 3.59. The molecule has 4 heteroatoms. The molecule has 2 rings (SSSR count). The van der Waals surface area contributed by atoms with Crippen LogP contribution in [-0.2, 0) is 4.79 Å². The highest BCUT2D eigenvalue weighted by Crippen LogP contribution is 2.29. The van der Waals surface area contributed by atoms with Crippen molar-refractivity contribution in [2.45, 2.75) is 12.5 Å². The molecule has 2 aromatic carbocycles. The summed E-state index contributed by atoms with van der Waals surface area (Å²) in [5, 5.41) is 0. The summed E-state index contributed by atoms with van der Waals surface area (Å²) in [4.78, 5) is 10.9. The van der Waals surface area contributed by atoms with Gasteiger partial charge in [-0.3, -0.25) is 4.79 Å². The van der Waals surface area contributed by atoms with Crippen molar-refractivity contribution >= 4 is 5.91 Å². The topological polar surface area (TPSA) is 78.3 Å². The van der Waals surface area contributed by atoms with Crippen molar-refractivity contribution in [1.29, 1.82) is 0 Å². The first-order chi connectivity index (χ1) is 9.68. The minimum absolute atomic E-state index is 0.355. The second-order valence-corrected chi connectivity index (χ2v) is 4.51. The lowest BCUT2D eigenvalue weighted by Crippen LogP contribution is -2.37. The van der Waals surface area contributed by atoms with Crippen LogP contribution in [0.25, 0.3) is 11.1 Å². The lowest BCUT2D eigenvalue weighted by molar-refractivity contribution is -0.119. The predicted octanol–water partition coefficient (Wildman–Crippen LogP) is 1.94. The van der Waals surface area contributed by atoms with E-state index in [0.717, 1.165) is 16.9 Å². The Kier molecular flexibility index (Phi) is 4.74. The van der Waals surface area contributed by atoms with Gasteiger partial charge in [-0.1, -0.05) is 48.5 Å². The van der Waals surface area contributed by atoms with E-state index in [1.807, 2.05) is 54.6 Å². The molecule has 2 aromatic rings. The Balaban J connectivity index is 2.07. The van der Waals surface area contributed by atoms with Gasteiger partial charge in [-0.2, -0.15) is 0 Å². The van der Waals surface area contributed by atoms with Crippen LogP contribution in [0.15, 0.2) is 54.6 Å². The lowest BCUT2D eigenvalue weighted by Gasteiger charge is -2.13. The van der Waals surface area contributed by atoms with E-state index in [-0.39, 0.29) is 0 Å². The van der Waals surface area contributed by atoms with E-state index in [2.05, 4.69) is 0 Å². The summed E-state index contributed by atoms with van der Waals surface area (Å²) in [5.41, 5.74) is 12.8. The maximum Gasteiger partial charge on any atom is 0.234 e. The number of hydrogen-bond acceptors (Lipinski definition) is 3. The standard InChI is InChI=1S/C16H18N2O2/c17-14(16(18)19)10-11-20-15-9-5-4-8-13(15)12-6-2-1-3-7-12/h1-9,14H,10-11,17H2,(H2,18,19). The molecule has 4 N–H and O–H groups in total. The van der Waals surface area contributed by atoms with Gasteiger partial charge in [0.15, 0.2) is 0 Å². The van der Waals surface area contributed by atoms with Crippen molar-refractivity contribution in [3.63, 3.8) is 0 Å². The van der Waals surface area contributed by atoms with Crippen LogP contribution < -0.4 is 16.2 Å². The fourth-order valence-corrected chi connectivity index (χ4v) is 1.89. The molecule has 104 valence electrons. The first kappa shape index (κ1) is 14.1. The normalized spacial score (nSPS) is 11.8. The van der Waals surface area contributed by atoms with Gasteiger partial charge >= 0.3 is 0 Å². The minimum Gasteiger partial charge on any atom is -0.493 e. The van der Waals surface area contributed by atoms with Crippen LogP contribution in [0.3, 0.4) is 0 Å². The van der Waals surface area contributed by atoms with Crippen molar-refractivity contribution in [1.82, 2.24) is 0 Å². The van der Waals surface area contributed by atoms with E-state index in [0.29, 0.717) is 13.0 Å². The molecule has 0 aliphatic rings. The molecule has 4 nitrogen and oxygen atoms in total. The van der Waals surface area contributed by atoms with Crippen LogP contribution in [0.2, 0.25) is 0 Å². The Bertz CT molecular complexity index is 570. The van der Waals surface area contributed by atoms with Crippen molar-refractivity contribution in [3.8, 4) is 16.9 Å². The van der Waals surface area contributed by atoms with E-state index in [9.17, 15) is 4.79 Å². The second kappa shape index (κ2) is 6.73. The number of nitrogens with two attached hydrogens (primary N) is 2. The van der Waals surface area contributed by atoms with Gasteiger partial charge in [-0.15, -0.1) is 0 Å². The molecule has 0 fully saturated rings.